The third-order valence-corrected chi connectivity index (χ3v) is 5.74. The fourth-order valence-electron chi connectivity index (χ4n) is 3.54. The van der Waals surface area contributed by atoms with Crippen molar-refractivity contribution < 1.29 is 0 Å². The number of fused-ring (bicyclic) bond motifs is 1. The van der Waals surface area contributed by atoms with Gasteiger partial charge in [0.25, 0.3) is 0 Å². The number of aryl methyl sites for hydroxylation is 1. The minimum atomic E-state index is 0.210. The second-order valence-electron chi connectivity index (χ2n) is 6.42. The van der Waals surface area contributed by atoms with Crippen LogP contribution in [-0.4, -0.2) is 43.9 Å². The van der Waals surface area contributed by atoms with Gasteiger partial charge in [0.2, 0.25) is 0 Å². The zero-order chi connectivity index (χ0) is 17.2. The monoisotopic (exact) mass is 357 g/mol. The Balaban J connectivity index is 1.39. The van der Waals surface area contributed by atoms with Gasteiger partial charge in [0.15, 0.2) is 0 Å². The predicted molar refractivity (Wildman–Crippen MR) is 99.9 cm³/mol. The van der Waals surface area contributed by atoms with Gasteiger partial charge in [-0.2, -0.15) is 5.10 Å². The number of hydrogen-bond acceptors (Lipinski definition) is 7. The van der Waals surface area contributed by atoms with Crippen LogP contribution in [0.3, 0.4) is 0 Å². The first kappa shape index (κ1) is 16.4. The Bertz CT molecular complexity index is 834. The smallest absolute Gasteiger partial charge is 0.150 e. The fraction of sp³-hybridized carbons (Fsp3) is 0.529. The molecule has 1 fully saturated rings. The van der Waals surface area contributed by atoms with Crippen molar-refractivity contribution in [3.63, 3.8) is 0 Å². The number of rotatable bonds is 5. The lowest BCUT2D eigenvalue weighted by Gasteiger charge is -2.34. The van der Waals surface area contributed by atoms with Gasteiger partial charge in [-0.15, -0.1) is 11.3 Å². The Morgan fingerprint density at radius 1 is 1.24 bits per heavy atom. The van der Waals surface area contributed by atoms with Crippen molar-refractivity contribution in [2.45, 2.75) is 45.3 Å². The normalized spacial score (nSPS) is 17.3. The Labute approximate surface area is 151 Å². The topological polar surface area (TPSA) is 71.8 Å². The van der Waals surface area contributed by atoms with E-state index in [0.29, 0.717) is 6.04 Å². The highest BCUT2D eigenvalue weighted by Gasteiger charge is 2.24. The van der Waals surface area contributed by atoms with E-state index in [2.05, 4.69) is 55.6 Å². The average molecular weight is 357 g/mol. The molecule has 8 heteroatoms. The lowest BCUT2D eigenvalue weighted by atomic mass is 10.0. The Hall–Kier alpha value is -2.06. The number of nitrogens with one attached hydrogen (secondary N) is 1. The summed E-state index contributed by atoms with van der Waals surface area (Å²) in [5, 5.41) is 10.1. The van der Waals surface area contributed by atoms with Crippen LogP contribution in [-0.2, 0) is 6.54 Å². The summed E-state index contributed by atoms with van der Waals surface area (Å²) in [6.45, 7) is 7.13. The summed E-state index contributed by atoms with van der Waals surface area (Å²) in [6, 6.07) is 2.77. The molecule has 1 saturated heterocycles. The molecule has 0 bridgehead atoms. The molecular weight excluding hydrogens is 334 g/mol. The van der Waals surface area contributed by atoms with Crippen LogP contribution in [0.1, 0.15) is 38.6 Å². The van der Waals surface area contributed by atoms with Crippen LogP contribution in [0, 0.1) is 0 Å². The van der Waals surface area contributed by atoms with E-state index in [1.807, 2.05) is 4.68 Å². The van der Waals surface area contributed by atoms with Crippen molar-refractivity contribution in [1.29, 1.82) is 0 Å². The molecule has 1 N–H and O–H groups in total. The largest absolute Gasteiger partial charge is 0.355 e. The molecule has 1 aliphatic rings. The zero-order valence-electron chi connectivity index (χ0n) is 14.6. The predicted octanol–water partition coefficient (Wildman–Crippen LogP) is 2.62. The highest BCUT2D eigenvalue weighted by atomic mass is 32.1. The summed E-state index contributed by atoms with van der Waals surface area (Å²) in [6.07, 6.45) is 5.51. The van der Waals surface area contributed by atoms with Crippen LogP contribution < -0.4 is 10.2 Å². The van der Waals surface area contributed by atoms with E-state index in [4.69, 9.17) is 0 Å². The van der Waals surface area contributed by atoms with Gasteiger partial charge in [0.05, 0.1) is 16.3 Å². The van der Waals surface area contributed by atoms with Gasteiger partial charge in [-0.25, -0.2) is 19.6 Å². The zero-order valence-corrected chi connectivity index (χ0v) is 15.4. The summed E-state index contributed by atoms with van der Waals surface area (Å²) in [4.78, 5) is 15.7. The maximum atomic E-state index is 4.54. The number of aromatic nitrogens is 5. The van der Waals surface area contributed by atoms with Gasteiger partial charge in [-0.05, 0) is 38.1 Å². The minimum absolute atomic E-state index is 0.210. The van der Waals surface area contributed by atoms with Crippen LogP contribution in [0.15, 0.2) is 24.1 Å². The first-order chi connectivity index (χ1) is 12.3. The van der Waals surface area contributed by atoms with Gasteiger partial charge in [-0.3, -0.25) is 0 Å². The average Bonchev–Trinajstić information content (AvgIpc) is 3.31. The molecule has 132 valence electrons. The Morgan fingerprint density at radius 3 is 2.88 bits per heavy atom. The molecule has 4 rings (SSSR count). The van der Waals surface area contributed by atoms with Crippen LogP contribution >= 0.6 is 11.3 Å². The summed E-state index contributed by atoms with van der Waals surface area (Å²) in [7, 11) is 0. The first-order valence-corrected chi connectivity index (χ1v) is 9.71. The molecule has 4 heterocycles. The minimum Gasteiger partial charge on any atom is -0.355 e. The Kier molecular flexibility index (Phi) is 4.63. The second kappa shape index (κ2) is 7.05. The SMILES string of the molecule is CCn1ncnc1[C@H](C)NC1CCN(c2ncnc3ccsc23)CC1. The van der Waals surface area contributed by atoms with Gasteiger partial charge in [0, 0.05) is 25.7 Å². The molecule has 1 atom stereocenters. The molecule has 3 aromatic rings. The number of piperidine rings is 1. The van der Waals surface area contributed by atoms with E-state index in [1.165, 1.54) is 4.70 Å². The molecule has 7 nitrogen and oxygen atoms in total. The highest BCUT2D eigenvalue weighted by molar-refractivity contribution is 7.17. The van der Waals surface area contributed by atoms with E-state index in [0.717, 1.165) is 49.6 Å². The maximum absolute atomic E-state index is 4.54. The Morgan fingerprint density at radius 2 is 2.08 bits per heavy atom. The van der Waals surface area contributed by atoms with Crippen molar-refractivity contribution in [3.8, 4) is 0 Å². The first-order valence-electron chi connectivity index (χ1n) is 8.83. The molecular formula is C17H23N7S. The van der Waals surface area contributed by atoms with Crippen molar-refractivity contribution in [3.05, 3.63) is 29.9 Å². The van der Waals surface area contributed by atoms with E-state index in [1.54, 1.807) is 24.0 Å². The number of hydrogen-bond donors (Lipinski definition) is 1. The van der Waals surface area contributed by atoms with Gasteiger partial charge in [-0.1, -0.05) is 0 Å². The van der Waals surface area contributed by atoms with Crippen molar-refractivity contribution in [1.82, 2.24) is 30.0 Å². The van der Waals surface area contributed by atoms with E-state index in [9.17, 15) is 0 Å². The van der Waals surface area contributed by atoms with Crippen molar-refractivity contribution in [2.75, 3.05) is 18.0 Å². The number of nitrogens with zero attached hydrogens (tertiary/aromatic N) is 6. The van der Waals surface area contributed by atoms with E-state index in [-0.39, 0.29) is 6.04 Å². The molecule has 0 saturated carbocycles. The van der Waals surface area contributed by atoms with Crippen LogP contribution in [0.25, 0.3) is 10.2 Å². The van der Waals surface area contributed by atoms with Crippen molar-refractivity contribution >= 4 is 27.4 Å². The molecule has 0 unspecified atom stereocenters. The summed E-state index contributed by atoms with van der Waals surface area (Å²) < 4.78 is 3.15. The fourth-order valence-corrected chi connectivity index (χ4v) is 4.40. The molecule has 25 heavy (non-hydrogen) atoms. The maximum Gasteiger partial charge on any atom is 0.150 e. The van der Waals surface area contributed by atoms with Crippen LogP contribution in [0.2, 0.25) is 0 Å². The standard InChI is InChI=1S/C17H23N7S/c1-3-24-16(20-11-21-24)12(2)22-13-4-7-23(8-5-13)17-15-14(6-9-25-15)18-10-19-17/h6,9-13,22H,3-5,7-8H2,1-2H3/t12-/m0/s1. The molecule has 3 aromatic heterocycles. The third kappa shape index (κ3) is 3.23. The van der Waals surface area contributed by atoms with Gasteiger partial charge in [0.1, 0.15) is 24.3 Å². The molecule has 0 amide bonds. The lowest BCUT2D eigenvalue weighted by molar-refractivity contribution is 0.365. The molecule has 1 aliphatic heterocycles. The van der Waals surface area contributed by atoms with E-state index < -0.39 is 0 Å². The lowest BCUT2D eigenvalue weighted by Crippen LogP contribution is -2.44. The molecule has 0 aromatic carbocycles. The van der Waals surface area contributed by atoms with Crippen molar-refractivity contribution in [2.24, 2.45) is 0 Å². The molecule has 0 radical (unpaired) electrons. The second-order valence-corrected chi connectivity index (χ2v) is 7.33. The van der Waals surface area contributed by atoms with Gasteiger partial charge >= 0.3 is 0 Å². The summed E-state index contributed by atoms with van der Waals surface area (Å²) >= 11 is 1.72. The van der Waals surface area contributed by atoms with Crippen LogP contribution in [0.5, 0.6) is 0 Å². The van der Waals surface area contributed by atoms with E-state index >= 15 is 0 Å². The summed E-state index contributed by atoms with van der Waals surface area (Å²) in [5.74, 6) is 2.10. The summed E-state index contributed by atoms with van der Waals surface area (Å²) in [5.41, 5.74) is 1.04. The number of thiophene rings is 1. The van der Waals surface area contributed by atoms with Crippen LogP contribution in [0.4, 0.5) is 5.82 Å². The van der Waals surface area contributed by atoms with Gasteiger partial charge < -0.3 is 10.2 Å². The number of anilines is 1. The highest BCUT2D eigenvalue weighted by Crippen LogP contribution is 2.29. The molecule has 0 spiro atoms. The third-order valence-electron chi connectivity index (χ3n) is 4.84. The molecule has 0 aliphatic carbocycles. The quantitative estimate of drug-likeness (QED) is 0.757.